The van der Waals surface area contributed by atoms with Crippen LogP contribution >= 0.6 is 23.4 Å². The van der Waals surface area contributed by atoms with Crippen LogP contribution in [0.1, 0.15) is 26.9 Å². The topological polar surface area (TPSA) is 58.6 Å². The second-order valence-electron chi connectivity index (χ2n) is 7.41. The molecule has 0 unspecified atom stereocenters. The molecule has 0 bridgehead atoms. The molecular weight excluding hydrogens is 444 g/mol. The maximum Gasteiger partial charge on any atom is 0.255 e. The molecule has 1 aliphatic heterocycles. The highest BCUT2D eigenvalue weighted by atomic mass is 35.5. The minimum Gasteiger partial charge on any atom is -0.495 e. The van der Waals surface area contributed by atoms with Crippen LogP contribution in [0.15, 0.2) is 72.8 Å². The summed E-state index contributed by atoms with van der Waals surface area (Å²) in [5, 5.41) is 3.24. The van der Waals surface area contributed by atoms with Gasteiger partial charge in [-0.2, -0.15) is 0 Å². The minimum atomic E-state index is -0.228. The Kier molecular flexibility index (Phi) is 7.02. The maximum atomic E-state index is 12.6. The second-order valence-corrected chi connectivity index (χ2v) is 8.89. The van der Waals surface area contributed by atoms with Crippen molar-refractivity contribution in [1.29, 1.82) is 0 Å². The first-order valence-electron chi connectivity index (χ1n) is 10.2. The number of rotatable bonds is 7. The average molecular weight is 467 g/mol. The second kappa shape index (κ2) is 10.1. The number of carbonyl (C=O) groups excluding carboxylic acids is 2. The van der Waals surface area contributed by atoms with Gasteiger partial charge in [-0.1, -0.05) is 54.1 Å². The Balaban J connectivity index is 1.42. The molecule has 7 heteroatoms. The summed E-state index contributed by atoms with van der Waals surface area (Å²) in [6, 6.07) is 22.7. The van der Waals surface area contributed by atoms with Crippen LogP contribution in [0.2, 0.25) is 5.02 Å². The molecule has 1 aliphatic rings. The largest absolute Gasteiger partial charge is 0.495 e. The summed E-state index contributed by atoms with van der Waals surface area (Å²) in [6.07, 6.45) is 0.814. The fourth-order valence-corrected chi connectivity index (χ4v) is 5.09. The Morgan fingerprint density at radius 1 is 1.12 bits per heavy atom. The summed E-state index contributed by atoms with van der Waals surface area (Å²) in [5.41, 5.74) is 3.35. The lowest BCUT2D eigenvalue weighted by molar-refractivity contribution is -0.128. The Hall–Kier alpha value is -2.96. The van der Waals surface area contributed by atoms with Gasteiger partial charge in [-0.3, -0.25) is 9.59 Å². The van der Waals surface area contributed by atoms with Gasteiger partial charge in [-0.25, -0.2) is 0 Å². The van der Waals surface area contributed by atoms with Crippen LogP contribution in [0.25, 0.3) is 0 Å². The number of methoxy groups -OCH3 is 1. The summed E-state index contributed by atoms with van der Waals surface area (Å²) in [7, 11) is 1.54. The third-order valence-electron chi connectivity index (χ3n) is 5.32. The number of hydrogen-bond acceptors (Lipinski definition) is 4. The number of amides is 2. The molecule has 0 aromatic heterocycles. The smallest absolute Gasteiger partial charge is 0.255 e. The standard InChI is InChI=1S/C25H23ClN2O3S/c1-31-22-12-11-20(15-21(22)26)27-24(30)18-7-9-19(10-8-18)25-28(23(29)16-32-25)14-13-17-5-3-2-4-6-17/h2-12,15,25H,13-14,16H2,1H3,(H,27,30)/t25-/m0/s1. The number of benzene rings is 3. The highest BCUT2D eigenvalue weighted by Crippen LogP contribution is 2.38. The van der Waals surface area contributed by atoms with E-state index in [2.05, 4.69) is 17.4 Å². The molecular formula is C25H23ClN2O3S. The van der Waals surface area contributed by atoms with Crippen LogP contribution in [0.3, 0.4) is 0 Å². The molecule has 32 heavy (non-hydrogen) atoms. The predicted molar refractivity (Wildman–Crippen MR) is 129 cm³/mol. The van der Waals surface area contributed by atoms with Crippen molar-refractivity contribution >= 4 is 40.9 Å². The fraction of sp³-hybridized carbons (Fsp3) is 0.200. The molecule has 164 valence electrons. The molecule has 1 atom stereocenters. The van der Waals surface area contributed by atoms with Crippen molar-refractivity contribution in [1.82, 2.24) is 4.90 Å². The molecule has 5 nitrogen and oxygen atoms in total. The first-order valence-corrected chi connectivity index (χ1v) is 11.7. The molecule has 1 heterocycles. The van der Waals surface area contributed by atoms with Crippen LogP contribution in [-0.4, -0.2) is 36.1 Å². The quantitative estimate of drug-likeness (QED) is 0.505. The summed E-state index contributed by atoms with van der Waals surface area (Å²) in [6.45, 7) is 0.668. The van der Waals surface area contributed by atoms with Gasteiger partial charge >= 0.3 is 0 Å². The van der Waals surface area contributed by atoms with Gasteiger partial charge in [0.2, 0.25) is 5.91 Å². The number of halogens is 1. The zero-order valence-corrected chi connectivity index (χ0v) is 19.2. The van der Waals surface area contributed by atoms with Crippen molar-refractivity contribution in [3.63, 3.8) is 0 Å². The van der Waals surface area contributed by atoms with Gasteiger partial charge in [0, 0.05) is 17.8 Å². The van der Waals surface area contributed by atoms with Crippen LogP contribution < -0.4 is 10.1 Å². The number of anilines is 1. The molecule has 2 amide bonds. The zero-order chi connectivity index (χ0) is 22.5. The third-order valence-corrected chi connectivity index (χ3v) is 6.87. The molecule has 3 aromatic rings. The first kappa shape index (κ1) is 22.2. The van der Waals surface area contributed by atoms with Crippen molar-refractivity contribution < 1.29 is 14.3 Å². The average Bonchev–Trinajstić information content (AvgIpc) is 3.19. The van der Waals surface area contributed by atoms with E-state index < -0.39 is 0 Å². The normalized spacial score (nSPS) is 15.6. The molecule has 0 spiro atoms. The summed E-state index contributed by atoms with van der Waals surface area (Å²) in [4.78, 5) is 27.0. The van der Waals surface area contributed by atoms with E-state index in [1.807, 2.05) is 35.2 Å². The van der Waals surface area contributed by atoms with E-state index in [1.165, 1.54) is 5.56 Å². The van der Waals surface area contributed by atoms with Crippen LogP contribution in [0.5, 0.6) is 5.75 Å². The van der Waals surface area contributed by atoms with Crippen LogP contribution in [0, 0.1) is 0 Å². The number of hydrogen-bond donors (Lipinski definition) is 1. The third kappa shape index (κ3) is 5.09. The van der Waals surface area contributed by atoms with Crippen molar-refractivity contribution in [2.45, 2.75) is 11.8 Å². The van der Waals surface area contributed by atoms with E-state index in [9.17, 15) is 9.59 Å². The summed E-state index contributed by atoms with van der Waals surface area (Å²) >= 11 is 7.75. The lowest BCUT2D eigenvalue weighted by Gasteiger charge is -2.24. The Morgan fingerprint density at radius 2 is 1.88 bits per heavy atom. The SMILES string of the molecule is COc1ccc(NC(=O)c2ccc([C@@H]3SCC(=O)N3CCc3ccccc3)cc2)cc1Cl. The lowest BCUT2D eigenvalue weighted by atomic mass is 10.1. The van der Waals surface area contributed by atoms with Gasteiger partial charge in [0.1, 0.15) is 11.1 Å². The Labute approximate surface area is 196 Å². The molecule has 0 aliphatic carbocycles. The maximum absolute atomic E-state index is 12.6. The first-order chi connectivity index (χ1) is 15.5. The highest BCUT2D eigenvalue weighted by Gasteiger charge is 2.32. The van der Waals surface area contributed by atoms with E-state index in [0.29, 0.717) is 34.3 Å². The van der Waals surface area contributed by atoms with Crippen molar-refractivity contribution in [2.75, 3.05) is 24.7 Å². The number of nitrogens with zero attached hydrogens (tertiary/aromatic N) is 1. The van der Waals surface area contributed by atoms with Crippen LogP contribution in [0.4, 0.5) is 5.69 Å². The van der Waals surface area contributed by atoms with Crippen LogP contribution in [-0.2, 0) is 11.2 Å². The summed E-state index contributed by atoms with van der Waals surface area (Å²) < 4.78 is 5.14. The van der Waals surface area contributed by atoms with Gasteiger partial charge in [-0.05, 0) is 47.9 Å². The molecule has 0 radical (unpaired) electrons. The van der Waals surface area contributed by atoms with Crippen molar-refractivity contribution in [2.24, 2.45) is 0 Å². The Bertz CT molecular complexity index is 1110. The molecule has 1 N–H and O–H groups in total. The zero-order valence-electron chi connectivity index (χ0n) is 17.6. The van der Waals surface area contributed by atoms with Crippen molar-refractivity contribution in [3.8, 4) is 5.75 Å². The molecule has 1 saturated heterocycles. The fourth-order valence-electron chi connectivity index (χ4n) is 3.61. The summed E-state index contributed by atoms with van der Waals surface area (Å²) in [5.74, 6) is 0.942. The van der Waals surface area contributed by atoms with Gasteiger partial charge in [0.15, 0.2) is 0 Å². The van der Waals surface area contributed by atoms with Gasteiger partial charge in [0.25, 0.3) is 5.91 Å². The van der Waals surface area contributed by atoms with E-state index in [-0.39, 0.29) is 17.2 Å². The highest BCUT2D eigenvalue weighted by molar-refractivity contribution is 8.00. The monoisotopic (exact) mass is 466 g/mol. The molecule has 0 saturated carbocycles. The van der Waals surface area contributed by atoms with E-state index >= 15 is 0 Å². The van der Waals surface area contributed by atoms with Gasteiger partial charge < -0.3 is 15.0 Å². The van der Waals surface area contributed by atoms with Gasteiger partial charge in [-0.15, -0.1) is 11.8 Å². The van der Waals surface area contributed by atoms with Crippen molar-refractivity contribution in [3.05, 3.63) is 94.5 Å². The van der Waals surface area contributed by atoms with E-state index in [0.717, 1.165) is 12.0 Å². The number of ether oxygens (including phenoxy) is 1. The van der Waals surface area contributed by atoms with Gasteiger partial charge in [0.05, 0.1) is 17.9 Å². The minimum absolute atomic E-state index is 0.0382. The van der Waals surface area contributed by atoms with E-state index in [4.69, 9.17) is 16.3 Å². The predicted octanol–water partition coefficient (Wildman–Crippen LogP) is 5.42. The lowest BCUT2D eigenvalue weighted by Crippen LogP contribution is -2.30. The molecule has 3 aromatic carbocycles. The molecule has 1 fully saturated rings. The Morgan fingerprint density at radius 3 is 2.56 bits per heavy atom. The molecule has 4 rings (SSSR count). The number of nitrogens with one attached hydrogen (secondary N) is 1. The number of thioether (sulfide) groups is 1. The number of carbonyl (C=O) groups is 2. The van der Waals surface area contributed by atoms with E-state index in [1.54, 1.807) is 49.2 Å².